The van der Waals surface area contributed by atoms with Gasteiger partial charge in [0.25, 0.3) is 0 Å². The van der Waals surface area contributed by atoms with Crippen molar-refractivity contribution in [3.05, 3.63) is 344 Å². The van der Waals surface area contributed by atoms with Gasteiger partial charge in [0.1, 0.15) is 0 Å². The molecule has 17 aromatic rings. The summed E-state index contributed by atoms with van der Waals surface area (Å²) in [5.41, 5.74) is 24.4. The first-order valence-corrected chi connectivity index (χ1v) is 32.5. The van der Waals surface area contributed by atoms with Crippen molar-refractivity contribution in [2.24, 2.45) is 0 Å². The molecule has 0 amide bonds. The predicted octanol–water partition coefficient (Wildman–Crippen LogP) is 22.4. The van der Waals surface area contributed by atoms with E-state index in [1.165, 1.54) is 0 Å². The van der Waals surface area contributed by atoms with Crippen molar-refractivity contribution < 1.29 is 0 Å². The molecule has 454 valence electrons. The Morgan fingerprint density at radius 3 is 0.827 bits per heavy atom. The largest absolute Gasteiger partial charge is 0.309 e. The summed E-state index contributed by atoms with van der Waals surface area (Å²) in [5, 5.41) is 34.3. The highest BCUT2D eigenvalue weighted by Gasteiger charge is 2.24. The molecule has 0 bridgehead atoms. The summed E-state index contributed by atoms with van der Waals surface area (Å²) >= 11 is 0. The molecule has 17 rings (SSSR count). The molecule has 0 N–H and O–H groups in total. The zero-order chi connectivity index (χ0) is 65.6. The molecule has 3 aromatic heterocycles. The van der Waals surface area contributed by atoms with Gasteiger partial charge in [0.15, 0.2) is 17.5 Å². The van der Waals surface area contributed by atoms with Crippen LogP contribution in [0.5, 0.6) is 0 Å². The summed E-state index contributed by atoms with van der Waals surface area (Å²) in [5.74, 6) is 1.38. The molecule has 0 unspecified atom stereocenters. The summed E-state index contributed by atoms with van der Waals surface area (Å²) in [6, 6.07) is 120. The first kappa shape index (κ1) is 58.0. The SMILES string of the molecule is N#Cc1ccc(-c2ccc(-c3nc(-c4ccc(-c5cccc(C#N)c5)cc4)nc(-c4ccc(-c5ccc(C#N)cc5)c(-n5c6ccc(-c7ccccc7)cc6c6cc(-c7ccccc7)ccc65)c4)n3)cc2-n2c3ccc(-c4ccccc4)cc3c3cc(-c4ccccc4)ccc32)cc1. The summed E-state index contributed by atoms with van der Waals surface area (Å²) < 4.78 is 4.72. The summed E-state index contributed by atoms with van der Waals surface area (Å²) in [6.45, 7) is 0. The van der Waals surface area contributed by atoms with Gasteiger partial charge in [0, 0.05) is 49.4 Å². The van der Waals surface area contributed by atoms with Gasteiger partial charge in [-0.05, 0) is 164 Å². The van der Waals surface area contributed by atoms with Crippen molar-refractivity contribution in [3.8, 4) is 142 Å². The lowest BCUT2D eigenvalue weighted by Crippen LogP contribution is -2.03. The van der Waals surface area contributed by atoms with Crippen molar-refractivity contribution in [1.29, 1.82) is 15.8 Å². The van der Waals surface area contributed by atoms with Crippen LogP contribution in [0.25, 0.3) is 167 Å². The van der Waals surface area contributed by atoms with Gasteiger partial charge in [-0.15, -0.1) is 0 Å². The highest BCUT2D eigenvalue weighted by molar-refractivity contribution is 6.14. The van der Waals surface area contributed by atoms with Gasteiger partial charge >= 0.3 is 0 Å². The molecule has 0 saturated heterocycles. The average molecular weight is 1250 g/mol. The Bertz CT molecular complexity index is 5580. The molecule has 0 aliphatic carbocycles. The summed E-state index contributed by atoms with van der Waals surface area (Å²) in [6.07, 6.45) is 0. The smallest absolute Gasteiger partial charge is 0.164 e. The lowest BCUT2D eigenvalue weighted by Gasteiger charge is -2.18. The lowest BCUT2D eigenvalue weighted by molar-refractivity contribution is 1.07. The van der Waals surface area contributed by atoms with Crippen LogP contribution in [0.3, 0.4) is 0 Å². The zero-order valence-electron chi connectivity index (χ0n) is 52.8. The van der Waals surface area contributed by atoms with E-state index in [-0.39, 0.29) is 0 Å². The fourth-order valence-electron chi connectivity index (χ4n) is 13.8. The molecule has 0 fully saturated rings. The van der Waals surface area contributed by atoms with Crippen LogP contribution >= 0.6 is 0 Å². The van der Waals surface area contributed by atoms with E-state index in [4.69, 9.17) is 15.0 Å². The van der Waals surface area contributed by atoms with E-state index in [0.29, 0.717) is 34.2 Å². The van der Waals surface area contributed by atoms with E-state index in [0.717, 1.165) is 150 Å². The standard InChI is InChI=1S/C90H54N8/c91-55-58-24-28-66(29-25-58)76-42-36-74(53-86(76)97-82-44-38-70(61-15-5-1-6-16-61)49-78(82)79-50-71(39-45-83(79)97)62-17-7-2-8-18-62)89-94-88(68-34-32-65(33-35-68)69-23-13-14-60(48-69)57-93)95-90(96-89)75-37-43-77(67-30-26-59(56-92)27-31-67)87(54-75)98-84-46-40-72(63-19-9-3-10-20-63)51-80(84)81-52-73(41-47-85(81)98)64-21-11-4-12-22-64/h1-54H. The van der Waals surface area contributed by atoms with Crippen molar-refractivity contribution in [3.63, 3.8) is 0 Å². The molecule has 14 aromatic carbocycles. The Hall–Kier alpha value is -13.8. The third-order valence-electron chi connectivity index (χ3n) is 18.7. The van der Waals surface area contributed by atoms with Crippen LogP contribution in [0.15, 0.2) is 328 Å². The molecule has 0 spiro atoms. The van der Waals surface area contributed by atoms with Gasteiger partial charge < -0.3 is 9.13 Å². The Morgan fingerprint density at radius 1 is 0.204 bits per heavy atom. The van der Waals surface area contributed by atoms with Crippen molar-refractivity contribution in [2.45, 2.75) is 0 Å². The van der Waals surface area contributed by atoms with Crippen LogP contribution in [0.1, 0.15) is 16.7 Å². The lowest BCUT2D eigenvalue weighted by atomic mass is 9.98. The number of hydrogen-bond acceptors (Lipinski definition) is 6. The first-order valence-electron chi connectivity index (χ1n) is 32.5. The minimum atomic E-state index is 0.457. The molecule has 8 heteroatoms. The van der Waals surface area contributed by atoms with Crippen molar-refractivity contribution in [2.75, 3.05) is 0 Å². The maximum atomic E-state index is 10.0. The molecule has 98 heavy (non-hydrogen) atoms. The van der Waals surface area contributed by atoms with E-state index < -0.39 is 0 Å². The van der Waals surface area contributed by atoms with Crippen LogP contribution in [-0.2, 0) is 0 Å². The van der Waals surface area contributed by atoms with E-state index >= 15 is 0 Å². The van der Waals surface area contributed by atoms with E-state index in [9.17, 15) is 15.8 Å². The number of rotatable bonds is 12. The maximum absolute atomic E-state index is 10.0. The Balaban J connectivity index is 0.906. The van der Waals surface area contributed by atoms with E-state index in [2.05, 4.69) is 234 Å². The second-order valence-electron chi connectivity index (χ2n) is 24.5. The Morgan fingerprint density at radius 2 is 0.480 bits per heavy atom. The third kappa shape index (κ3) is 10.6. The molecule has 8 nitrogen and oxygen atoms in total. The molecule has 0 atom stereocenters. The monoisotopic (exact) mass is 1250 g/mol. The summed E-state index contributed by atoms with van der Waals surface area (Å²) in [4.78, 5) is 16.5. The van der Waals surface area contributed by atoms with Crippen LogP contribution in [0, 0.1) is 34.0 Å². The molecule has 3 heterocycles. The molecular weight excluding hydrogens is 1190 g/mol. The third-order valence-corrected chi connectivity index (χ3v) is 18.7. The molecule has 0 radical (unpaired) electrons. The number of hydrogen-bond donors (Lipinski definition) is 0. The van der Waals surface area contributed by atoms with Gasteiger partial charge in [-0.1, -0.05) is 231 Å². The number of aromatic nitrogens is 5. The molecule has 0 aliphatic heterocycles. The Labute approximate surface area is 566 Å². The van der Waals surface area contributed by atoms with E-state index in [1.807, 2.05) is 121 Å². The van der Waals surface area contributed by atoms with Gasteiger partial charge in [-0.3, -0.25) is 0 Å². The number of nitrogens with zero attached hydrogens (tertiary/aromatic N) is 8. The summed E-state index contributed by atoms with van der Waals surface area (Å²) in [7, 11) is 0. The number of benzene rings is 14. The molecular formula is C90H54N8. The number of fused-ring (bicyclic) bond motifs is 6. The fourth-order valence-corrected chi connectivity index (χ4v) is 13.8. The van der Waals surface area contributed by atoms with Crippen LogP contribution in [-0.4, -0.2) is 24.1 Å². The van der Waals surface area contributed by atoms with E-state index in [1.54, 1.807) is 0 Å². The minimum absolute atomic E-state index is 0.457. The fraction of sp³-hybridized carbons (Fsp3) is 0. The second-order valence-corrected chi connectivity index (χ2v) is 24.5. The van der Waals surface area contributed by atoms with Gasteiger partial charge in [0.2, 0.25) is 0 Å². The van der Waals surface area contributed by atoms with Gasteiger partial charge in [-0.25, -0.2) is 15.0 Å². The van der Waals surface area contributed by atoms with Gasteiger partial charge in [-0.2, -0.15) is 15.8 Å². The quantitative estimate of drug-likeness (QED) is 0.120. The van der Waals surface area contributed by atoms with Crippen LogP contribution in [0.4, 0.5) is 0 Å². The minimum Gasteiger partial charge on any atom is -0.309 e. The highest BCUT2D eigenvalue weighted by atomic mass is 15.0. The predicted molar refractivity (Wildman–Crippen MR) is 397 cm³/mol. The maximum Gasteiger partial charge on any atom is 0.164 e. The van der Waals surface area contributed by atoms with Crippen LogP contribution in [0.2, 0.25) is 0 Å². The van der Waals surface area contributed by atoms with Gasteiger partial charge in [0.05, 0.1) is 68.3 Å². The Kier molecular flexibility index (Phi) is 14.5. The second kappa shape index (κ2) is 24.6. The topological polar surface area (TPSA) is 120 Å². The molecule has 0 saturated carbocycles. The highest BCUT2D eigenvalue weighted by Crippen LogP contribution is 2.44. The first-order chi connectivity index (χ1) is 48.4. The zero-order valence-corrected chi connectivity index (χ0v) is 52.8. The van der Waals surface area contributed by atoms with Crippen molar-refractivity contribution in [1.82, 2.24) is 24.1 Å². The number of nitriles is 3. The van der Waals surface area contributed by atoms with Crippen LogP contribution < -0.4 is 0 Å². The normalized spacial score (nSPS) is 11.2. The molecule has 0 aliphatic rings. The average Bonchev–Trinajstić information content (AvgIpc) is 1.58. The van der Waals surface area contributed by atoms with Crippen molar-refractivity contribution >= 4 is 43.6 Å².